The van der Waals surface area contributed by atoms with Crippen molar-refractivity contribution in [3.63, 3.8) is 0 Å². The first-order chi connectivity index (χ1) is 9.72. The van der Waals surface area contributed by atoms with Gasteiger partial charge >= 0.3 is 0 Å². The quantitative estimate of drug-likeness (QED) is 0.764. The van der Waals surface area contributed by atoms with Gasteiger partial charge in [0.2, 0.25) is 0 Å². The minimum Gasteiger partial charge on any atom is -0.322 e. The van der Waals surface area contributed by atoms with Gasteiger partial charge in [-0.05, 0) is 47.2 Å². The molecular weight excluding hydrogens is 316 g/mol. The average molecular weight is 327 g/mol. The van der Waals surface area contributed by atoms with Crippen LogP contribution in [0.2, 0.25) is 0 Å². The van der Waals surface area contributed by atoms with Crippen molar-refractivity contribution in [1.82, 2.24) is 4.98 Å². The van der Waals surface area contributed by atoms with Crippen molar-refractivity contribution in [1.29, 1.82) is 0 Å². The van der Waals surface area contributed by atoms with Gasteiger partial charge in [-0.15, -0.1) is 0 Å². The molecule has 3 aromatic rings. The van der Waals surface area contributed by atoms with Crippen LogP contribution in [0.5, 0.6) is 0 Å². The number of nitrogens with one attached hydrogen (secondary N) is 1. The van der Waals surface area contributed by atoms with Gasteiger partial charge < -0.3 is 5.32 Å². The number of fused-ring (bicyclic) bond motifs is 1. The van der Waals surface area contributed by atoms with Gasteiger partial charge in [-0.2, -0.15) is 0 Å². The number of carbonyl (C=O) groups excluding carboxylic acids is 1. The molecule has 1 heterocycles. The molecule has 1 aromatic heterocycles. The third kappa shape index (κ3) is 2.70. The van der Waals surface area contributed by atoms with E-state index < -0.39 is 0 Å². The fraction of sp³-hybridized carbons (Fsp3) is 0. The normalized spacial score (nSPS) is 10.4. The standard InChI is InChI=1S/C16H11BrN2O/c17-14-3-1-13-10-15(4-2-12(13)9-14)19-16(20)11-5-7-18-8-6-11/h1-10H,(H,19,20). The van der Waals surface area contributed by atoms with Crippen LogP contribution >= 0.6 is 15.9 Å². The molecule has 0 spiro atoms. The van der Waals surface area contributed by atoms with Crippen molar-refractivity contribution >= 4 is 38.3 Å². The van der Waals surface area contributed by atoms with E-state index in [2.05, 4.69) is 26.2 Å². The summed E-state index contributed by atoms with van der Waals surface area (Å²) in [4.78, 5) is 16.0. The second-order valence-electron chi connectivity index (χ2n) is 4.40. The fourth-order valence-electron chi connectivity index (χ4n) is 2.00. The van der Waals surface area contributed by atoms with E-state index in [1.807, 2.05) is 36.4 Å². The van der Waals surface area contributed by atoms with E-state index in [-0.39, 0.29) is 5.91 Å². The molecule has 0 unspecified atom stereocenters. The first-order valence-corrected chi connectivity index (χ1v) is 6.92. The Morgan fingerprint density at radius 1 is 0.950 bits per heavy atom. The van der Waals surface area contributed by atoms with Crippen LogP contribution < -0.4 is 5.32 Å². The first kappa shape index (κ1) is 12.8. The highest BCUT2D eigenvalue weighted by molar-refractivity contribution is 9.10. The zero-order chi connectivity index (χ0) is 13.9. The van der Waals surface area contributed by atoms with Gasteiger partial charge in [0.25, 0.3) is 5.91 Å². The largest absolute Gasteiger partial charge is 0.322 e. The molecule has 0 aliphatic carbocycles. The summed E-state index contributed by atoms with van der Waals surface area (Å²) in [6.45, 7) is 0. The second-order valence-corrected chi connectivity index (χ2v) is 5.31. The minimum atomic E-state index is -0.135. The van der Waals surface area contributed by atoms with Crippen LogP contribution in [0.15, 0.2) is 65.4 Å². The SMILES string of the molecule is O=C(Nc1ccc2cc(Br)ccc2c1)c1ccncc1. The van der Waals surface area contributed by atoms with Crippen molar-refractivity contribution in [2.24, 2.45) is 0 Å². The lowest BCUT2D eigenvalue weighted by Crippen LogP contribution is -2.11. The van der Waals surface area contributed by atoms with Crippen LogP contribution in [-0.4, -0.2) is 10.9 Å². The lowest BCUT2D eigenvalue weighted by Gasteiger charge is -2.07. The molecule has 1 N–H and O–H groups in total. The average Bonchev–Trinajstić information content (AvgIpc) is 2.48. The summed E-state index contributed by atoms with van der Waals surface area (Å²) in [6, 6.07) is 15.3. The van der Waals surface area contributed by atoms with Gasteiger partial charge in [0.15, 0.2) is 0 Å². The molecule has 3 nitrogen and oxygen atoms in total. The molecule has 0 atom stereocenters. The number of aromatic nitrogens is 1. The maximum absolute atomic E-state index is 12.1. The number of hydrogen-bond donors (Lipinski definition) is 1. The molecule has 0 aliphatic rings. The Morgan fingerprint density at radius 2 is 1.65 bits per heavy atom. The highest BCUT2D eigenvalue weighted by Gasteiger charge is 2.05. The van der Waals surface area contributed by atoms with E-state index in [1.165, 1.54) is 0 Å². The number of amides is 1. The Labute approximate surface area is 124 Å². The number of anilines is 1. The molecule has 3 rings (SSSR count). The van der Waals surface area contributed by atoms with Crippen LogP contribution in [0, 0.1) is 0 Å². The van der Waals surface area contributed by atoms with Crippen LogP contribution in [-0.2, 0) is 0 Å². The number of pyridine rings is 1. The number of hydrogen-bond acceptors (Lipinski definition) is 2. The number of benzene rings is 2. The maximum atomic E-state index is 12.1. The van der Waals surface area contributed by atoms with E-state index in [0.29, 0.717) is 5.56 Å². The molecule has 2 aromatic carbocycles. The predicted molar refractivity (Wildman–Crippen MR) is 83.8 cm³/mol. The highest BCUT2D eigenvalue weighted by Crippen LogP contribution is 2.23. The van der Waals surface area contributed by atoms with Gasteiger partial charge in [0.05, 0.1) is 0 Å². The molecular formula is C16H11BrN2O. The second kappa shape index (κ2) is 5.43. The molecule has 20 heavy (non-hydrogen) atoms. The van der Waals surface area contributed by atoms with Crippen molar-refractivity contribution in [2.75, 3.05) is 5.32 Å². The van der Waals surface area contributed by atoms with Gasteiger partial charge in [0.1, 0.15) is 0 Å². The molecule has 0 fully saturated rings. The van der Waals surface area contributed by atoms with E-state index >= 15 is 0 Å². The van der Waals surface area contributed by atoms with Crippen LogP contribution in [0.4, 0.5) is 5.69 Å². The van der Waals surface area contributed by atoms with Gasteiger partial charge in [-0.25, -0.2) is 0 Å². The van der Waals surface area contributed by atoms with Gasteiger partial charge in [0, 0.05) is 28.1 Å². The Bertz CT molecular complexity index is 772. The molecule has 0 aliphatic heterocycles. The van der Waals surface area contributed by atoms with Crippen molar-refractivity contribution in [3.8, 4) is 0 Å². The molecule has 1 amide bonds. The Hall–Kier alpha value is -2.20. The summed E-state index contributed by atoms with van der Waals surface area (Å²) in [7, 11) is 0. The predicted octanol–water partition coefficient (Wildman–Crippen LogP) is 4.25. The van der Waals surface area contributed by atoms with Gasteiger partial charge in [-0.1, -0.05) is 28.1 Å². The van der Waals surface area contributed by atoms with Crippen molar-refractivity contribution in [3.05, 3.63) is 71.0 Å². The summed E-state index contributed by atoms with van der Waals surface area (Å²) in [5.41, 5.74) is 1.37. The van der Waals surface area contributed by atoms with Crippen LogP contribution in [0.1, 0.15) is 10.4 Å². The van der Waals surface area contributed by atoms with E-state index in [1.54, 1.807) is 24.5 Å². The monoisotopic (exact) mass is 326 g/mol. The lowest BCUT2D eigenvalue weighted by molar-refractivity contribution is 0.102. The van der Waals surface area contributed by atoms with Gasteiger partial charge in [-0.3, -0.25) is 9.78 Å². The van der Waals surface area contributed by atoms with Crippen molar-refractivity contribution < 1.29 is 4.79 Å². The molecule has 98 valence electrons. The first-order valence-electron chi connectivity index (χ1n) is 6.13. The summed E-state index contributed by atoms with van der Waals surface area (Å²) in [6.07, 6.45) is 3.21. The fourth-order valence-corrected chi connectivity index (χ4v) is 2.38. The molecule has 0 bridgehead atoms. The lowest BCUT2D eigenvalue weighted by atomic mass is 10.1. The summed E-state index contributed by atoms with van der Waals surface area (Å²) < 4.78 is 1.04. The number of carbonyl (C=O) groups is 1. The topological polar surface area (TPSA) is 42.0 Å². The number of halogens is 1. The van der Waals surface area contributed by atoms with Crippen molar-refractivity contribution in [2.45, 2.75) is 0 Å². The molecule has 0 saturated heterocycles. The van der Waals surface area contributed by atoms with E-state index in [0.717, 1.165) is 20.9 Å². The smallest absolute Gasteiger partial charge is 0.255 e. The summed E-state index contributed by atoms with van der Waals surface area (Å²) in [5.74, 6) is -0.135. The third-order valence-corrected chi connectivity index (χ3v) is 3.50. The van der Waals surface area contributed by atoms with E-state index in [9.17, 15) is 4.79 Å². The molecule has 0 radical (unpaired) electrons. The zero-order valence-corrected chi connectivity index (χ0v) is 12.1. The van der Waals surface area contributed by atoms with E-state index in [4.69, 9.17) is 0 Å². The highest BCUT2D eigenvalue weighted by atomic mass is 79.9. The summed E-state index contributed by atoms with van der Waals surface area (Å²) in [5, 5.41) is 5.10. The Kier molecular flexibility index (Phi) is 3.48. The Morgan fingerprint density at radius 3 is 2.45 bits per heavy atom. The van der Waals surface area contributed by atoms with Crippen LogP contribution in [0.3, 0.4) is 0 Å². The summed E-state index contributed by atoms with van der Waals surface area (Å²) >= 11 is 3.45. The number of rotatable bonds is 2. The third-order valence-electron chi connectivity index (χ3n) is 3.00. The maximum Gasteiger partial charge on any atom is 0.255 e. The number of nitrogens with zero attached hydrogens (tertiary/aromatic N) is 1. The molecule has 4 heteroatoms. The Balaban J connectivity index is 1.88. The zero-order valence-electron chi connectivity index (χ0n) is 10.5. The molecule has 0 saturated carbocycles. The van der Waals surface area contributed by atoms with Crippen LogP contribution in [0.25, 0.3) is 10.8 Å². The minimum absolute atomic E-state index is 0.135.